The summed E-state index contributed by atoms with van der Waals surface area (Å²) in [7, 11) is 0. The first-order valence-corrected chi connectivity index (χ1v) is 11.0. The van der Waals surface area contributed by atoms with Crippen molar-refractivity contribution in [2.24, 2.45) is 0 Å². The van der Waals surface area contributed by atoms with E-state index in [1.54, 1.807) is 12.1 Å². The second kappa shape index (κ2) is 8.76. The van der Waals surface area contributed by atoms with Crippen LogP contribution < -0.4 is 0 Å². The summed E-state index contributed by atoms with van der Waals surface area (Å²) in [5, 5.41) is 9.95. The van der Waals surface area contributed by atoms with Crippen LogP contribution in [0.25, 0.3) is 21.1 Å². The van der Waals surface area contributed by atoms with Gasteiger partial charge in [-0.25, -0.2) is 9.37 Å². The molecule has 3 nitrogen and oxygen atoms in total. The second-order valence-corrected chi connectivity index (χ2v) is 8.68. The van der Waals surface area contributed by atoms with Crippen LogP contribution in [0.2, 0.25) is 0 Å². The summed E-state index contributed by atoms with van der Waals surface area (Å²) in [4.78, 5) is 5.43. The van der Waals surface area contributed by atoms with Gasteiger partial charge in [0, 0.05) is 11.3 Å². The zero-order valence-electron chi connectivity index (χ0n) is 16.2. The molecular formula is C22H15F4N3S2. The van der Waals surface area contributed by atoms with Gasteiger partial charge in [-0.15, -0.1) is 21.5 Å². The van der Waals surface area contributed by atoms with Crippen LogP contribution in [0, 0.1) is 12.7 Å². The number of aromatic nitrogens is 3. The molecular weight excluding hydrogens is 446 g/mol. The van der Waals surface area contributed by atoms with E-state index in [1.165, 1.54) is 47.4 Å². The van der Waals surface area contributed by atoms with E-state index in [9.17, 15) is 17.6 Å². The Morgan fingerprint density at radius 2 is 1.61 bits per heavy atom. The molecule has 0 aliphatic heterocycles. The maximum atomic E-state index is 13.1. The lowest BCUT2D eigenvalue weighted by atomic mass is 10.1. The highest BCUT2D eigenvalue weighted by Gasteiger charge is 2.29. The van der Waals surface area contributed by atoms with E-state index < -0.39 is 11.7 Å². The zero-order chi connectivity index (χ0) is 22.0. The molecule has 0 N–H and O–H groups in total. The largest absolute Gasteiger partial charge is 0.416 e. The Kier molecular flexibility index (Phi) is 6.06. The third-order valence-electron chi connectivity index (χ3n) is 4.43. The Morgan fingerprint density at radius 1 is 0.903 bits per heavy atom. The predicted octanol–water partition coefficient (Wildman–Crippen LogP) is 7.03. The van der Waals surface area contributed by atoms with E-state index in [0.29, 0.717) is 16.5 Å². The fraction of sp³-hybridized carbons (Fsp3) is 0.136. The average molecular weight is 462 g/mol. The second-order valence-electron chi connectivity index (χ2n) is 6.68. The van der Waals surface area contributed by atoms with E-state index in [1.807, 2.05) is 19.1 Å². The van der Waals surface area contributed by atoms with Crippen LogP contribution in [-0.4, -0.2) is 15.2 Å². The number of rotatable bonds is 5. The molecule has 0 saturated carbocycles. The van der Waals surface area contributed by atoms with Gasteiger partial charge in [0.1, 0.15) is 21.5 Å². The van der Waals surface area contributed by atoms with Crippen LogP contribution in [0.15, 0.2) is 65.7 Å². The van der Waals surface area contributed by atoms with Crippen molar-refractivity contribution in [1.82, 2.24) is 15.2 Å². The molecule has 31 heavy (non-hydrogen) atoms. The normalized spacial score (nSPS) is 11.6. The first-order valence-electron chi connectivity index (χ1n) is 9.16. The highest BCUT2D eigenvalue weighted by molar-refractivity contribution is 7.98. The Hall–Kier alpha value is -2.78. The first kappa shape index (κ1) is 21.5. The Labute approximate surface area is 184 Å². The van der Waals surface area contributed by atoms with Crippen LogP contribution in [0.3, 0.4) is 0 Å². The maximum Gasteiger partial charge on any atom is 0.416 e. The molecule has 2 aromatic heterocycles. The van der Waals surface area contributed by atoms with Gasteiger partial charge in [0.2, 0.25) is 0 Å². The highest BCUT2D eigenvalue weighted by Crippen LogP contribution is 2.35. The fourth-order valence-electron chi connectivity index (χ4n) is 2.82. The maximum absolute atomic E-state index is 13.1. The summed E-state index contributed by atoms with van der Waals surface area (Å²) in [5.41, 5.74) is 2.43. The molecule has 0 aliphatic carbocycles. The van der Waals surface area contributed by atoms with Crippen molar-refractivity contribution in [3.05, 3.63) is 83.3 Å². The number of thiazole rings is 1. The standard InChI is InChI=1S/C22H15F4N3S2/c1-13-20(31-21(27-13)15-4-8-17(23)9-5-15)18-10-11-19(29-28-18)30-12-14-2-6-16(7-3-14)22(24,25)26/h2-11H,12H2,1H3. The summed E-state index contributed by atoms with van der Waals surface area (Å²) in [6.45, 7) is 1.88. The minimum absolute atomic E-state index is 0.299. The summed E-state index contributed by atoms with van der Waals surface area (Å²) in [5.74, 6) is 0.188. The molecule has 0 fully saturated rings. The number of hydrogen-bond donors (Lipinski definition) is 0. The molecule has 0 aliphatic rings. The molecule has 0 unspecified atom stereocenters. The molecule has 0 atom stereocenters. The summed E-state index contributed by atoms with van der Waals surface area (Å²) < 4.78 is 51.1. The number of halogens is 4. The monoisotopic (exact) mass is 461 g/mol. The van der Waals surface area contributed by atoms with Gasteiger partial charge in [-0.05, 0) is 61.0 Å². The molecule has 4 aromatic rings. The summed E-state index contributed by atoms with van der Waals surface area (Å²) in [6.07, 6.45) is -4.33. The molecule has 4 rings (SSSR count). The SMILES string of the molecule is Cc1nc(-c2ccc(F)cc2)sc1-c1ccc(SCc2ccc(C(F)(F)F)cc2)nn1. The van der Waals surface area contributed by atoms with Gasteiger partial charge in [-0.3, -0.25) is 0 Å². The Balaban J connectivity index is 1.44. The van der Waals surface area contributed by atoms with Crippen LogP contribution in [-0.2, 0) is 11.9 Å². The lowest BCUT2D eigenvalue weighted by molar-refractivity contribution is -0.137. The number of nitrogens with zero attached hydrogens (tertiary/aromatic N) is 3. The minimum Gasteiger partial charge on any atom is -0.241 e. The van der Waals surface area contributed by atoms with Gasteiger partial charge in [0.25, 0.3) is 0 Å². The molecule has 2 aromatic carbocycles. The summed E-state index contributed by atoms with van der Waals surface area (Å²) in [6, 6.07) is 14.9. The Morgan fingerprint density at radius 3 is 2.23 bits per heavy atom. The van der Waals surface area contributed by atoms with Crippen molar-refractivity contribution < 1.29 is 17.6 Å². The molecule has 158 valence electrons. The minimum atomic E-state index is -4.33. The van der Waals surface area contributed by atoms with Crippen LogP contribution >= 0.6 is 23.1 Å². The quantitative estimate of drug-likeness (QED) is 0.236. The third-order valence-corrected chi connectivity index (χ3v) is 6.65. The molecule has 2 heterocycles. The van der Waals surface area contributed by atoms with Gasteiger partial charge in [-0.2, -0.15) is 13.2 Å². The van der Waals surface area contributed by atoms with E-state index in [0.717, 1.165) is 38.8 Å². The number of benzene rings is 2. The molecule has 9 heteroatoms. The zero-order valence-corrected chi connectivity index (χ0v) is 17.8. The topological polar surface area (TPSA) is 38.7 Å². The molecule has 0 spiro atoms. The highest BCUT2D eigenvalue weighted by atomic mass is 32.2. The third kappa shape index (κ3) is 5.11. The van der Waals surface area contributed by atoms with Crippen molar-refractivity contribution in [2.45, 2.75) is 23.9 Å². The smallest absolute Gasteiger partial charge is 0.241 e. The van der Waals surface area contributed by atoms with Crippen LogP contribution in [0.5, 0.6) is 0 Å². The number of thioether (sulfide) groups is 1. The van der Waals surface area contributed by atoms with Gasteiger partial charge >= 0.3 is 6.18 Å². The van der Waals surface area contributed by atoms with Crippen molar-refractivity contribution >= 4 is 23.1 Å². The molecule has 0 radical (unpaired) electrons. The molecule has 0 saturated heterocycles. The fourth-order valence-corrected chi connectivity index (χ4v) is 4.62. The van der Waals surface area contributed by atoms with Gasteiger partial charge in [-0.1, -0.05) is 23.9 Å². The number of hydrogen-bond acceptors (Lipinski definition) is 5. The first-order chi connectivity index (χ1) is 14.8. The van der Waals surface area contributed by atoms with E-state index in [-0.39, 0.29) is 5.82 Å². The number of aryl methyl sites for hydroxylation is 1. The van der Waals surface area contributed by atoms with Crippen molar-refractivity contribution in [3.63, 3.8) is 0 Å². The van der Waals surface area contributed by atoms with Gasteiger partial charge in [0.15, 0.2) is 0 Å². The van der Waals surface area contributed by atoms with Crippen molar-refractivity contribution in [2.75, 3.05) is 0 Å². The lowest BCUT2D eigenvalue weighted by Crippen LogP contribution is -2.04. The van der Waals surface area contributed by atoms with E-state index in [4.69, 9.17) is 0 Å². The van der Waals surface area contributed by atoms with Crippen LogP contribution in [0.1, 0.15) is 16.8 Å². The number of alkyl halides is 3. The molecule has 0 amide bonds. The molecule has 0 bridgehead atoms. The van der Waals surface area contributed by atoms with E-state index in [2.05, 4.69) is 15.2 Å². The average Bonchev–Trinajstić information content (AvgIpc) is 3.14. The van der Waals surface area contributed by atoms with E-state index >= 15 is 0 Å². The summed E-state index contributed by atoms with van der Waals surface area (Å²) >= 11 is 2.85. The Bertz CT molecular complexity index is 1170. The van der Waals surface area contributed by atoms with Gasteiger partial charge in [0.05, 0.1) is 16.1 Å². The van der Waals surface area contributed by atoms with Gasteiger partial charge < -0.3 is 0 Å². The lowest BCUT2D eigenvalue weighted by Gasteiger charge is -2.07. The van der Waals surface area contributed by atoms with Crippen LogP contribution in [0.4, 0.5) is 17.6 Å². The van der Waals surface area contributed by atoms with Crippen molar-refractivity contribution in [1.29, 1.82) is 0 Å². The predicted molar refractivity (Wildman–Crippen MR) is 114 cm³/mol. The van der Waals surface area contributed by atoms with Crippen molar-refractivity contribution in [3.8, 4) is 21.1 Å².